The van der Waals surface area contributed by atoms with Crippen molar-refractivity contribution in [3.8, 4) is 16.9 Å². The summed E-state index contributed by atoms with van der Waals surface area (Å²) in [6.45, 7) is 5.56. The molecule has 0 aliphatic carbocycles. The number of para-hydroxylation sites is 1. The molecule has 0 fully saturated rings. The van der Waals surface area contributed by atoms with E-state index in [1.54, 1.807) is 25.1 Å². The zero-order valence-corrected chi connectivity index (χ0v) is 19.6. The highest BCUT2D eigenvalue weighted by Gasteiger charge is 2.31. The van der Waals surface area contributed by atoms with Gasteiger partial charge in [-0.15, -0.1) is 0 Å². The van der Waals surface area contributed by atoms with Gasteiger partial charge < -0.3 is 15.3 Å². The molecule has 3 aromatic rings. The second kappa shape index (κ2) is 9.34. The first-order valence-corrected chi connectivity index (χ1v) is 10.8. The zero-order chi connectivity index (χ0) is 26.1. The molecular weight excluding hydrogens is 464 g/mol. The molecule has 4 N–H and O–H groups in total. The molecule has 1 heterocycles. The summed E-state index contributed by atoms with van der Waals surface area (Å²) in [7, 11) is 0. The standard InChI is InChI=1S/C26H22N4O6/c1-13-7-9-17(11-14(13)2)30-24(32)22(15(3)29-30)28-27-21-6-4-5-18(23(21)31)16-8-10-19(25(33)34)20(12-16)26(35)36/h4-12,27,31H,1-3H3,(H,33,34)(H,35,36). The van der Waals surface area contributed by atoms with E-state index in [1.165, 1.54) is 29.3 Å². The monoisotopic (exact) mass is 486 g/mol. The number of carbonyl (C=O) groups is 3. The van der Waals surface area contributed by atoms with Gasteiger partial charge in [-0.05, 0) is 67.8 Å². The summed E-state index contributed by atoms with van der Waals surface area (Å²) >= 11 is 0. The summed E-state index contributed by atoms with van der Waals surface area (Å²) in [5.41, 5.74) is 5.77. The molecule has 0 radical (unpaired) electrons. The number of hydrazone groups is 2. The number of phenols is 1. The largest absolute Gasteiger partial charge is 0.505 e. The van der Waals surface area contributed by atoms with E-state index in [-0.39, 0.29) is 28.3 Å². The van der Waals surface area contributed by atoms with E-state index in [9.17, 15) is 29.7 Å². The molecule has 182 valence electrons. The van der Waals surface area contributed by atoms with E-state index in [2.05, 4.69) is 15.6 Å². The first-order chi connectivity index (χ1) is 17.1. The van der Waals surface area contributed by atoms with Crippen molar-refractivity contribution in [2.45, 2.75) is 20.8 Å². The maximum atomic E-state index is 13.0. The third-order valence-electron chi connectivity index (χ3n) is 5.84. The topological polar surface area (TPSA) is 152 Å². The van der Waals surface area contributed by atoms with Gasteiger partial charge in [-0.1, -0.05) is 24.3 Å². The van der Waals surface area contributed by atoms with Gasteiger partial charge >= 0.3 is 17.8 Å². The minimum atomic E-state index is -1.41. The second-order valence-corrected chi connectivity index (χ2v) is 8.22. The summed E-state index contributed by atoms with van der Waals surface area (Å²) in [6, 6.07) is 14.0. The van der Waals surface area contributed by atoms with Gasteiger partial charge in [-0.3, -0.25) is 10.2 Å². The highest BCUT2D eigenvalue weighted by molar-refractivity contribution is 6.71. The van der Waals surface area contributed by atoms with Crippen LogP contribution in [0.15, 0.2) is 64.8 Å². The number of benzene rings is 3. The van der Waals surface area contributed by atoms with Crippen molar-refractivity contribution in [2.75, 3.05) is 10.4 Å². The number of aromatic carboxylic acids is 2. The highest BCUT2D eigenvalue weighted by atomic mass is 16.4. The Labute approximate surface area is 205 Å². The van der Waals surface area contributed by atoms with Crippen molar-refractivity contribution in [2.24, 2.45) is 10.2 Å². The number of anilines is 2. The number of aryl methyl sites for hydroxylation is 2. The number of rotatable bonds is 6. The van der Waals surface area contributed by atoms with Gasteiger partial charge in [-0.2, -0.15) is 15.2 Å². The number of aromatic hydroxyl groups is 1. The van der Waals surface area contributed by atoms with Crippen LogP contribution >= 0.6 is 0 Å². The molecule has 0 unspecified atom stereocenters. The maximum absolute atomic E-state index is 13.0. The van der Waals surface area contributed by atoms with Crippen LogP contribution in [0.3, 0.4) is 0 Å². The number of hydrogen-bond donors (Lipinski definition) is 4. The van der Waals surface area contributed by atoms with Crippen molar-refractivity contribution >= 4 is 40.6 Å². The predicted molar refractivity (Wildman–Crippen MR) is 135 cm³/mol. The number of amides is 1. The number of carbonyl (C=O) groups excluding carboxylic acids is 1. The highest BCUT2D eigenvalue weighted by Crippen LogP contribution is 2.36. The van der Waals surface area contributed by atoms with E-state index in [4.69, 9.17) is 0 Å². The van der Waals surface area contributed by atoms with Crippen LogP contribution in [0, 0.1) is 13.8 Å². The molecule has 4 rings (SSSR count). The summed E-state index contributed by atoms with van der Waals surface area (Å²) in [5, 5.41) is 39.2. The average Bonchev–Trinajstić information content (AvgIpc) is 3.12. The summed E-state index contributed by atoms with van der Waals surface area (Å²) in [4.78, 5) is 35.8. The predicted octanol–water partition coefficient (Wildman–Crippen LogP) is 4.26. The van der Waals surface area contributed by atoms with Gasteiger partial charge in [0.2, 0.25) is 0 Å². The van der Waals surface area contributed by atoms with Crippen molar-refractivity contribution in [1.82, 2.24) is 0 Å². The fraction of sp³-hybridized carbons (Fsp3) is 0.115. The van der Waals surface area contributed by atoms with Crippen molar-refractivity contribution in [3.63, 3.8) is 0 Å². The van der Waals surface area contributed by atoms with E-state index in [0.29, 0.717) is 17.0 Å². The van der Waals surface area contributed by atoms with Gasteiger partial charge in [0, 0.05) is 5.56 Å². The number of nitrogens with one attached hydrogen (secondary N) is 1. The van der Waals surface area contributed by atoms with Gasteiger partial charge in [0.25, 0.3) is 0 Å². The molecule has 3 aromatic carbocycles. The Morgan fingerprint density at radius 3 is 2.31 bits per heavy atom. The minimum absolute atomic E-state index is 0.0667. The Hall–Kier alpha value is -4.99. The molecule has 0 atom stereocenters. The number of phenolic OH excluding ortho intramolecular Hbond substituents is 1. The quantitative estimate of drug-likeness (QED) is 0.300. The van der Waals surface area contributed by atoms with E-state index in [0.717, 1.165) is 11.1 Å². The lowest BCUT2D eigenvalue weighted by atomic mass is 9.98. The maximum Gasteiger partial charge on any atom is 0.336 e. The number of carboxylic acids is 2. The zero-order valence-electron chi connectivity index (χ0n) is 19.6. The molecule has 0 saturated carbocycles. The Morgan fingerprint density at radius 1 is 0.917 bits per heavy atom. The first-order valence-electron chi connectivity index (χ1n) is 10.8. The van der Waals surface area contributed by atoms with Crippen molar-refractivity contribution < 1.29 is 29.7 Å². The Balaban J connectivity index is 1.63. The lowest BCUT2D eigenvalue weighted by Gasteiger charge is -2.13. The number of hydrogen-bond acceptors (Lipinski definition) is 7. The van der Waals surface area contributed by atoms with E-state index < -0.39 is 23.4 Å². The van der Waals surface area contributed by atoms with Gasteiger partial charge in [-0.25, -0.2) is 9.59 Å². The van der Waals surface area contributed by atoms with Gasteiger partial charge in [0.05, 0.1) is 28.2 Å². The third-order valence-corrected chi connectivity index (χ3v) is 5.84. The molecule has 1 amide bonds. The van der Waals surface area contributed by atoms with Crippen LogP contribution in [0.2, 0.25) is 0 Å². The molecule has 0 bridgehead atoms. The van der Waals surface area contributed by atoms with E-state index >= 15 is 0 Å². The number of carboxylic acid groups (broad SMARTS) is 2. The Morgan fingerprint density at radius 2 is 1.64 bits per heavy atom. The molecule has 0 spiro atoms. The molecule has 10 heteroatoms. The van der Waals surface area contributed by atoms with E-state index in [1.807, 2.05) is 26.0 Å². The van der Waals surface area contributed by atoms with Crippen molar-refractivity contribution in [3.05, 3.63) is 76.9 Å². The average molecular weight is 486 g/mol. The van der Waals surface area contributed by atoms with Crippen LogP contribution in [0.5, 0.6) is 5.75 Å². The normalized spacial score (nSPS) is 14.2. The van der Waals surface area contributed by atoms with Gasteiger partial charge in [0.1, 0.15) is 5.75 Å². The van der Waals surface area contributed by atoms with Crippen LogP contribution < -0.4 is 10.4 Å². The molecule has 1 aliphatic rings. The molecule has 36 heavy (non-hydrogen) atoms. The smallest absolute Gasteiger partial charge is 0.336 e. The Kier molecular flexibility index (Phi) is 6.26. The first kappa shape index (κ1) is 24.1. The Bertz CT molecular complexity index is 1490. The van der Waals surface area contributed by atoms with Crippen LogP contribution in [0.1, 0.15) is 38.8 Å². The lowest BCUT2D eigenvalue weighted by molar-refractivity contribution is -0.112. The fourth-order valence-corrected chi connectivity index (χ4v) is 3.72. The molecule has 10 nitrogen and oxygen atoms in total. The lowest BCUT2D eigenvalue weighted by Crippen LogP contribution is -2.28. The molecule has 0 aromatic heterocycles. The molecular formula is C26H22N4O6. The van der Waals surface area contributed by atoms with Crippen LogP contribution in [-0.2, 0) is 4.79 Å². The van der Waals surface area contributed by atoms with Gasteiger partial charge in [0.15, 0.2) is 5.71 Å². The van der Waals surface area contributed by atoms with Crippen LogP contribution in [0.25, 0.3) is 11.1 Å². The summed E-state index contributed by atoms with van der Waals surface area (Å²) in [5.74, 6) is -3.47. The summed E-state index contributed by atoms with van der Waals surface area (Å²) in [6.07, 6.45) is 0. The fourth-order valence-electron chi connectivity index (χ4n) is 3.72. The SMILES string of the molecule is CC1=NN(c2ccc(C)c(C)c2)C(=O)C1=NNc1cccc(-c2ccc(C(=O)O)c(C(=O)O)c2)c1O. The second-order valence-electron chi connectivity index (χ2n) is 8.22. The number of nitrogens with zero attached hydrogens (tertiary/aromatic N) is 3. The molecule has 1 aliphatic heterocycles. The third kappa shape index (κ3) is 4.39. The van der Waals surface area contributed by atoms with Crippen molar-refractivity contribution in [1.29, 1.82) is 0 Å². The van der Waals surface area contributed by atoms with Crippen LogP contribution in [-0.4, -0.2) is 44.6 Å². The minimum Gasteiger partial charge on any atom is -0.505 e. The van der Waals surface area contributed by atoms with Crippen LogP contribution in [0.4, 0.5) is 11.4 Å². The molecule has 0 saturated heterocycles. The summed E-state index contributed by atoms with van der Waals surface area (Å²) < 4.78 is 0.